The van der Waals surface area contributed by atoms with Gasteiger partial charge >= 0.3 is 0 Å². The van der Waals surface area contributed by atoms with Gasteiger partial charge in [0.05, 0.1) is 18.7 Å². The highest BCUT2D eigenvalue weighted by Crippen LogP contribution is 2.35. The minimum Gasteiger partial charge on any atom is -0.486 e. The van der Waals surface area contributed by atoms with Crippen LogP contribution in [0.3, 0.4) is 0 Å². The van der Waals surface area contributed by atoms with E-state index < -0.39 is 5.92 Å². The first-order chi connectivity index (χ1) is 16.7. The minimum atomic E-state index is -0.430. The maximum atomic E-state index is 13.7. The molecule has 7 nitrogen and oxygen atoms in total. The highest BCUT2D eigenvalue weighted by Gasteiger charge is 2.37. The van der Waals surface area contributed by atoms with Crippen molar-refractivity contribution in [3.63, 3.8) is 0 Å². The van der Waals surface area contributed by atoms with Crippen LogP contribution < -0.4 is 14.4 Å². The Morgan fingerprint density at radius 2 is 1.85 bits per heavy atom. The number of amides is 2. The monoisotopic (exact) mass is 458 g/mol. The molecule has 7 heteroatoms. The van der Waals surface area contributed by atoms with E-state index in [9.17, 15) is 9.59 Å². The number of fused-ring (bicyclic) bond motifs is 1. The van der Waals surface area contributed by atoms with Gasteiger partial charge in [0.15, 0.2) is 11.5 Å². The zero-order valence-corrected chi connectivity index (χ0v) is 18.8. The molecule has 1 atom stereocenters. The molecule has 0 aliphatic carbocycles. The van der Waals surface area contributed by atoms with Crippen LogP contribution in [0, 0.1) is 5.92 Å². The Morgan fingerprint density at radius 1 is 1.03 bits per heavy atom. The lowest BCUT2D eigenvalue weighted by Crippen LogP contribution is -2.37. The summed E-state index contributed by atoms with van der Waals surface area (Å²) in [6.07, 6.45) is 5.72. The molecule has 2 amide bonds. The first kappa shape index (κ1) is 21.8. The fourth-order valence-corrected chi connectivity index (χ4v) is 4.28. The lowest BCUT2D eigenvalue weighted by atomic mass is 10.1. The van der Waals surface area contributed by atoms with E-state index in [2.05, 4.69) is 0 Å². The largest absolute Gasteiger partial charge is 0.486 e. The summed E-state index contributed by atoms with van der Waals surface area (Å²) in [5.74, 6) is 1.43. The molecule has 174 valence electrons. The Balaban J connectivity index is 1.36. The summed E-state index contributed by atoms with van der Waals surface area (Å²) in [5, 5.41) is 0. The predicted molar refractivity (Wildman–Crippen MR) is 127 cm³/mol. The van der Waals surface area contributed by atoms with E-state index in [1.807, 2.05) is 66.7 Å². The minimum absolute atomic E-state index is 0.0447. The second kappa shape index (κ2) is 9.87. The van der Waals surface area contributed by atoms with E-state index in [0.29, 0.717) is 55.8 Å². The fraction of sp³-hybridized carbons (Fsp3) is 0.259. The highest BCUT2D eigenvalue weighted by atomic mass is 16.6. The van der Waals surface area contributed by atoms with Crippen molar-refractivity contribution in [2.24, 2.45) is 5.92 Å². The van der Waals surface area contributed by atoms with Gasteiger partial charge in [0.1, 0.15) is 19.0 Å². The Bertz CT molecular complexity index is 1170. The first-order valence-electron chi connectivity index (χ1n) is 11.4. The van der Waals surface area contributed by atoms with Crippen LogP contribution in [0.2, 0.25) is 0 Å². The van der Waals surface area contributed by atoms with Gasteiger partial charge in [0.25, 0.3) is 0 Å². The number of hydrogen-bond acceptors (Lipinski definition) is 5. The molecule has 3 aromatic rings. The van der Waals surface area contributed by atoms with Gasteiger partial charge in [-0.2, -0.15) is 0 Å². The number of carbonyl (C=O) groups excluding carboxylic acids is 2. The number of likely N-dealkylation sites (tertiary alicyclic amines) is 1. The van der Waals surface area contributed by atoms with E-state index in [1.54, 1.807) is 22.1 Å². The second-order valence-corrected chi connectivity index (χ2v) is 8.34. The smallest absolute Gasteiger partial charge is 0.232 e. The van der Waals surface area contributed by atoms with Crippen molar-refractivity contribution >= 4 is 23.6 Å². The standard InChI is InChI=1S/C27H26N2O5/c30-26-16-21(18-28(26)19-23-9-5-13-32-23)27(31)29(12-4-8-20-6-2-1-3-7-20)22-10-11-24-25(17-22)34-15-14-33-24/h1-11,13,17,21H,12,14-16,18-19H2/b8-4+. The van der Waals surface area contributed by atoms with Gasteiger partial charge in [-0.05, 0) is 29.8 Å². The highest BCUT2D eigenvalue weighted by molar-refractivity contribution is 5.99. The third-order valence-corrected chi connectivity index (χ3v) is 5.99. The molecule has 5 rings (SSSR count). The second-order valence-electron chi connectivity index (χ2n) is 8.34. The van der Waals surface area contributed by atoms with Crippen molar-refractivity contribution in [3.8, 4) is 11.5 Å². The summed E-state index contributed by atoms with van der Waals surface area (Å²) in [5.41, 5.74) is 1.77. The van der Waals surface area contributed by atoms with Crippen LogP contribution >= 0.6 is 0 Å². The van der Waals surface area contributed by atoms with Gasteiger partial charge in [0, 0.05) is 31.3 Å². The van der Waals surface area contributed by atoms with Gasteiger partial charge in [-0.1, -0.05) is 42.5 Å². The Kier molecular flexibility index (Phi) is 6.33. The number of furan rings is 1. The Morgan fingerprint density at radius 3 is 2.65 bits per heavy atom. The number of anilines is 1. The normalized spacial score (nSPS) is 17.4. The lowest BCUT2D eigenvalue weighted by molar-refractivity contribution is -0.129. The molecule has 0 bridgehead atoms. The van der Waals surface area contributed by atoms with Crippen LogP contribution in [0.15, 0.2) is 77.4 Å². The fourth-order valence-electron chi connectivity index (χ4n) is 4.28. The van der Waals surface area contributed by atoms with Crippen molar-refractivity contribution in [2.45, 2.75) is 13.0 Å². The van der Waals surface area contributed by atoms with Crippen LogP contribution in [-0.4, -0.2) is 43.0 Å². The van der Waals surface area contributed by atoms with Crippen LogP contribution in [-0.2, 0) is 16.1 Å². The van der Waals surface area contributed by atoms with Gasteiger partial charge in [-0.15, -0.1) is 0 Å². The average molecular weight is 459 g/mol. The molecule has 1 aromatic heterocycles. The molecule has 34 heavy (non-hydrogen) atoms. The number of ether oxygens (including phenoxy) is 2. The van der Waals surface area contributed by atoms with Gasteiger partial charge in [-0.25, -0.2) is 0 Å². The lowest BCUT2D eigenvalue weighted by Gasteiger charge is -2.26. The summed E-state index contributed by atoms with van der Waals surface area (Å²) in [4.78, 5) is 29.7. The number of nitrogens with zero attached hydrogens (tertiary/aromatic N) is 2. The zero-order chi connectivity index (χ0) is 23.3. The molecule has 2 aliphatic heterocycles. The van der Waals surface area contributed by atoms with Crippen molar-refractivity contribution in [1.29, 1.82) is 0 Å². The molecule has 1 saturated heterocycles. The predicted octanol–water partition coefficient (Wildman–Crippen LogP) is 4.15. The van der Waals surface area contributed by atoms with E-state index in [1.165, 1.54) is 0 Å². The molecular weight excluding hydrogens is 432 g/mol. The van der Waals surface area contributed by atoms with Gasteiger partial charge < -0.3 is 23.7 Å². The Hall–Kier alpha value is -4.00. The maximum absolute atomic E-state index is 13.7. The molecule has 3 heterocycles. The average Bonchev–Trinajstić information content (AvgIpc) is 3.52. The summed E-state index contributed by atoms with van der Waals surface area (Å²) >= 11 is 0. The zero-order valence-electron chi connectivity index (χ0n) is 18.8. The molecule has 1 fully saturated rings. The Labute approximate surface area is 198 Å². The van der Waals surface area contributed by atoms with Crippen LogP contribution in [0.5, 0.6) is 11.5 Å². The van der Waals surface area contributed by atoms with Gasteiger partial charge in [0.2, 0.25) is 11.8 Å². The van der Waals surface area contributed by atoms with Crippen LogP contribution in [0.25, 0.3) is 6.08 Å². The van der Waals surface area contributed by atoms with Crippen molar-refractivity contribution in [2.75, 3.05) is 31.2 Å². The quantitative estimate of drug-likeness (QED) is 0.532. The van der Waals surface area contributed by atoms with E-state index in [-0.39, 0.29) is 18.2 Å². The number of carbonyl (C=O) groups is 2. The third-order valence-electron chi connectivity index (χ3n) is 5.99. The molecule has 0 N–H and O–H groups in total. The topological polar surface area (TPSA) is 72.2 Å². The van der Waals surface area contributed by atoms with Crippen molar-refractivity contribution < 1.29 is 23.5 Å². The van der Waals surface area contributed by atoms with E-state index >= 15 is 0 Å². The van der Waals surface area contributed by atoms with Crippen LogP contribution in [0.1, 0.15) is 17.7 Å². The molecule has 2 aromatic carbocycles. The maximum Gasteiger partial charge on any atom is 0.232 e. The SMILES string of the molecule is O=C1CC(C(=O)N(C/C=C/c2ccccc2)c2ccc3c(c2)OCCO3)CN1Cc1ccco1. The first-order valence-corrected chi connectivity index (χ1v) is 11.4. The molecule has 1 unspecified atom stereocenters. The molecule has 0 radical (unpaired) electrons. The number of hydrogen-bond donors (Lipinski definition) is 0. The number of benzene rings is 2. The summed E-state index contributed by atoms with van der Waals surface area (Å²) in [6.45, 7) is 2.08. The summed E-state index contributed by atoms with van der Waals surface area (Å²) in [7, 11) is 0. The van der Waals surface area contributed by atoms with Crippen molar-refractivity contribution in [3.05, 3.63) is 84.3 Å². The molecule has 0 spiro atoms. The third kappa shape index (κ3) is 4.83. The molecular formula is C27H26N2O5. The van der Waals surface area contributed by atoms with Crippen molar-refractivity contribution in [1.82, 2.24) is 4.90 Å². The van der Waals surface area contributed by atoms with Gasteiger partial charge in [-0.3, -0.25) is 9.59 Å². The van der Waals surface area contributed by atoms with Crippen LogP contribution in [0.4, 0.5) is 5.69 Å². The number of rotatable bonds is 7. The van der Waals surface area contributed by atoms with E-state index in [0.717, 1.165) is 5.56 Å². The molecule has 2 aliphatic rings. The summed E-state index contributed by atoms with van der Waals surface area (Å²) in [6, 6.07) is 19.1. The summed E-state index contributed by atoms with van der Waals surface area (Å²) < 4.78 is 16.7. The molecule has 0 saturated carbocycles. The van der Waals surface area contributed by atoms with E-state index in [4.69, 9.17) is 13.9 Å².